The van der Waals surface area contributed by atoms with Crippen LogP contribution in [0.25, 0.3) is 10.9 Å². The number of urea groups is 1. The van der Waals surface area contributed by atoms with Crippen LogP contribution in [0.2, 0.25) is 0 Å². The molecule has 6 nitrogen and oxygen atoms in total. The van der Waals surface area contributed by atoms with E-state index in [4.69, 9.17) is 5.73 Å². The highest BCUT2D eigenvalue weighted by Crippen LogP contribution is 2.30. The molecule has 1 aromatic heterocycles. The number of carbonyl (C=O) groups is 2. The molecule has 92 valence electrons. The van der Waals surface area contributed by atoms with Crippen LogP contribution in [-0.2, 0) is 4.79 Å². The largest absolute Gasteiger partial charge is 0.397 e. The van der Waals surface area contributed by atoms with Gasteiger partial charge in [0.25, 0.3) is 0 Å². The SMILES string of the molecule is Nc1ccc(N2CCC(=O)NC2=O)c2cc[nH]c12. The van der Waals surface area contributed by atoms with Crippen LogP contribution in [-0.4, -0.2) is 23.5 Å². The maximum absolute atomic E-state index is 11.8. The Morgan fingerprint density at radius 1 is 1.22 bits per heavy atom. The number of benzene rings is 1. The average molecular weight is 244 g/mol. The molecule has 0 aliphatic carbocycles. The van der Waals surface area contributed by atoms with E-state index >= 15 is 0 Å². The van der Waals surface area contributed by atoms with Crippen molar-refractivity contribution in [3.8, 4) is 0 Å². The van der Waals surface area contributed by atoms with Gasteiger partial charge in [-0.1, -0.05) is 0 Å². The zero-order valence-electron chi connectivity index (χ0n) is 9.56. The number of hydrogen-bond donors (Lipinski definition) is 3. The number of fused-ring (bicyclic) bond motifs is 1. The summed E-state index contributed by atoms with van der Waals surface area (Å²) in [6.07, 6.45) is 2.08. The van der Waals surface area contributed by atoms with Crippen LogP contribution in [0.15, 0.2) is 24.4 Å². The number of nitrogens with zero attached hydrogens (tertiary/aromatic N) is 1. The van der Waals surface area contributed by atoms with Crippen molar-refractivity contribution >= 4 is 34.2 Å². The molecule has 2 heterocycles. The molecule has 3 amide bonds. The first-order chi connectivity index (χ1) is 8.66. The lowest BCUT2D eigenvalue weighted by atomic mass is 10.1. The molecule has 0 radical (unpaired) electrons. The Balaban J connectivity index is 2.09. The normalized spacial score (nSPS) is 16.1. The summed E-state index contributed by atoms with van der Waals surface area (Å²) in [5, 5.41) is 3.18. The van der Waals surface area contributed by atoms with Gasteiger partial charge in [-0.2, -0.15) is 0 Å². The monoisotopic (exact) mass is 244 g/mol. The summed E-state index contributed by atoms with van der Waals surface area (Å²) < 4.78 is 0. The second-order valence-electron chi connectivity index (χ2n) is 4.20. The second-order valence-corrected chi connectivity index (χ2v) is 4.20. The van der Waals surface area contributed by atoms with Gasteiger partial charge in [-0.15, -0.1) is 0 Å². The zero-order valence-corrected chi connectivity index (χ0v) is 9.56. The van der Waals surface area contributed by atoms with E-state index in [9.17, 15) is 9.59 Å². The summed E-state index contributed by atoms with van der Waals surface area (Å²) in [7, 11) is 0. The minimum Gasteiger partial charge on any atom is -0.397 e. The van der Waals surface area contributed by atoms with E-state index in [0.717, 1.165) is 16.6 Å². The lowest BCUT2D eigenvalue weighted by molar-refractivity contribution is -0.120. The Hall–Kier alpha value is -2.50. The predicted octanol–water partition coefficient (Wildman–Crippen LogP) is 1.20. The van der Waals surface area contributed by atoms with E-state index in [-0.39, 0.29) is 5.91 Å². The molecule has 6 heteroatoms. The molecule has 0 spiro atoms. The molecular weight excluding hydrogens is 232 g/mol. The van der Waals surface area contributed by atoms with Crippen molar-refractivity contribution in [1.82, 2.24) is 10.3 Å². The molecule has 0 unspecified atom stereocenters. The van der Waals surface area contributed by atoms with Gasteiger partial charge in [0.1, 0.15) is 0 Å². The third-order valence-electron chi connectivity index (χ3n) is 3.08. The van der Waals surface area contributed by atoms with Crippen molar-refractivity contribution in [2.75, 3.05) is 17.2 Å². The first kappa shape index (κ1) is 10.6. The number of nitrogens with one attached hydrogen (secondary N) is 2. The highest BCUT2D eigenvalue weighted by Gasteiger charge is 2.25. The number of anilines is 2. The Morgan fingerprint density at radius 2 is 2.06 bits per heavy atom. The quantitative estimate of drug-likeness (QED) is 0.658. The fourth-order valence-corrected chi connectivity index (χ4v) is 2.19. The van der Waals surface area contributed by atoms with E-state index < -0.39 is 6.03 Å². The van der Waals surface area contributed by atoms with Crippen LogP contribution in [0.3, 0.4) is 0 Å². The van der Waals surface area contributed by atoms with Gasteiger partial charge in [0.15, 0.2) is 0 Å². The molecule has 18 heavy (non-hydrogen) atoms. The third-order valence-corrected chi connectivity index (χ3v) is 3.08. The Kier molecular flexibility index (Phi) is 2.22. The number of nitrogens with two attached hydrogens (primary N) is 1. The molecule has 1 fully saturated rings. The molecular formula is C12H12N4O2. The van der Waals surface area contributed by atoms with E-state index in [0.29, 0.717) is 18.7 Å². The molecule has 4 N–H and O–H groups in total. The molecule has 0 bridgehead atoms. The molecule has 0 saturated carbocycles. The second kappa shape index (κ2) is 3.76. The van der Waals surface area contributed by atoms with Gasteiger partial charge in [-0.25, -0.2) is 4.79 Å². The number of rotatable bonds is 1. The highest BCUT2D eigenvalue weighted by atomic mass is 16.2. The van der Waals surface area contributed by atoms with Crippen molar-refractivity contribution < 1.29 is 9.59 Å². The topological polar surface area (TPSA) is 91.2 Å². The minimum atomic E-state index is -0.390. The lowest BCUT2D eigenvalue weighted by Crippen LogP contribution is -2.49. The third kappa shape index (κ3) is 1.50. The number of imide groups is 1. The number of aromatic amines is 1. The van der Waals surface area contributed by atoms with Gasteiger partial charge >= 0.3 is 6.03 Å². The predicted molar refractivity (Wildman–Crippen MR) is 68.2 cm³/mol. The van der Waals surface area contributed by atoms with Gasteiger partial charge < -0.3 is 10.7 Å². The summed E-state index contributed by atoms with van der Waals surface area (Å²) in [5.74, 6) is -0.239. The van der Waals surface area contributed by atoms with Crippen molar-refractivity contribution in [2.24, 2.45) is 0 Å². The summed E-state index contributed by atoms with van der Waals surface area (Å²) in [6.45, 7) is 0.384. The summed E-state index contributed by atoms with van der Waals surface area (Å²) in [5.41, 5.74) is 8.04. The summed E-state index contributed by atoms with van der Waals surface area (Å²) in [6, 6.07) is 5.02. The van der Waals surface area contributed by atoms with Crippen LogP contribution in [0.4, 0.5) is 16.2 Å². The van der Waals surface area contributed by atoms with Crippen LogP contribution < -0.4 is 16.0 Å². The number of carbonyl (C=O) groups excluding carboxylic acids is 2. The highest BCUT2D eigenvalue weighted by molar-refractivity contribution is 6.11. The van der Waals surface area contributed by atoms with Gasteiger partial charge in [0.05, 0.1) is 16.9 Å². The Morgan fingerprint density at radius 3 is 2.83 bits per heavy atom. The van der Waals surface area contributed by atoms with E-state index in [1.54, 1.807) is 23.2 Å². The molecule has 1 aromatic carbocycles. The summed E-state index contributed by atoms with van der Waals surface area (Å²) in [4.78, 5) is 27.5. The number of H-pyrrole nitrogens is 1. The Bertz CT molecular complexity index is 647. The lowest BCUT2D eigenvalue weighted by Gasteiger charge is -2.27. The van der Waals surface area contributed by atoms with Crippen LogP contribution in [0.5, 0.6) is 0 Å². The van der Waals surface area contributed by atoms with E-state index in [1.807, 2.05) is 6.07 Å². The van der Waals surface area contributed by atoms with Crippen molar-refractivity contribution in [3.63, 3.8) is 0 Å². The van der Waals surface area contributed by atoms with Crippen molar-refractivity contribution in [3.05, 3.63) is 24.4 Å². The fourth-order valence-electron chi connectivity index (χ4n) is 2.19. The van der Waals surface area contributed by atoms with E-state index in [2.05, 4.69) is 10.3 Å². The Labute approximate surface area is 103 Å². The number of amides is 3. The van der Waals surface area contributed by atoms with Crippen LogP contribution in [0, 0.1) is 0 Å². The molecule has 3 rings (SSSR count). The summed E-state index contributed by atoms with van der Waals surface area (Å²) >= 11 is 0. The fraction of sp³-hybridized carbons (Fsp3) is 0.167. The van der Waals surface area contributed by atoms with Crippen LogP contribution >= 0.6 is 0 Å². The standard InChI is InChI=1S/C12H12N4O2/c13-8-1-2-9(7-3-5-14-11(7)8)16-6-4-10(17)15-12(16)18/h1-3,5,14H,4,6,13H2,(H,15,17,18). The smallest absolute Gasteiger partial charge is 0.328 e. The van der Waals surface area contributed by atoms with Gasteiger partial charge in [-0.05, 0) is 18.2 Å². The van der Waals surface area contributed by atoms with Crippen molar-refractivity contribution in [1.29, 1.82) is 0 Å². The minimum absolute atomic E-state index is 0.239. The molecule has 1 aliphatic rings. The van der Waals surface area contributed by atoms with Gasteiger partial charge in [0.2, 0.25) is 5.91 Å². The molecule has 1 aliphatic heterocycles. The maximum atomic E-state index is 11.8. The van der Waals surface area contributed by atoms with E-state index in [1.165, 1.54) is 0 Å². The number of hydrogen-bond acceptors (Lipinski definition) is 3. The van der Waals surface area contributed by atoms with Crippen molar-refractivity contribution in [2.45, 2.75) is 6.42 Å². The first-order valence-corrected chi connectivity index (χ1v) is 5.64. The number of aromatic nitrogens is 1. The maximum Gasteiger partial charge on any atom is 0.328 e. The average Bonchev–Trinajstić information content (AvgIpc) is 2.81. The molecule has 2 aromatic rings. The number of nitrogen functional groups attached to an aromatic ring is 1. The van der Waals surface area contributed by atoms with Crippen LogP contribution in [0.1, 0.15) is 6.42 Å². The first-order valence-electron chi connectivity index (χ1n) is 5.64. The molecule has 1 saturated heterocycles. The van der Waals surface area contributed by atoms with Gasteiger partial charge in [-0.3, -0.25) is 15.0 Å². The van der Waals surface area contributed by atoms with Gasteiger partial charge in [0, 0.05) is 24.5 Å². The molecule has 0 atom stereocenters. The zero-order chi connectivity index (χ0) is 12.7.